The van der Waals surface area contributed by atoms with E-state index in [2.05, 4.69) is 37.1 Å². The molecule has 0 atom stereocenters. The highest BCUT2D eigenvalue weighted by atomic mass is 79.9. The van der Waals surface area contributed by atoms with Crippen LogP contribution >= 0.6 is 50.4 Å². The second kappa shape index (κ2) is 10.9. The molecule has 2 amide bonds. The van der Waals surface area contributed by atoms with Crippen molar-refractivity contribution in [2.75, 3.05) is 16.8 Å². The van der Waals surface area contributed by atoms with Crippen LogP contribution in [0.1, 0.15) is 0 Å². The van der Waals surface area contributed by atoms with Crippen LogP contribution in [0.25, 0.3) is 21.5 Å². The van der Waals surface area contributed by atoms with Gasteiger partial charge in [-0.05, 0) is 18.2 Å². The molecule has 0 unspecified atom stereocenters. The Kier molecular flexibility index (Phi) is 7.77. The number of fused-ring (bicyclic) bond motifs is 1. The number of halogens is 1. The number of aromatic nitrogens is 2. The molecule has 0 aliphatic rings. The summed E-state index contributed by atoms with van der Waals surface area (Å²) in [5, 5.41) is 5.21. The first-order valence-electron chi connectivity index (χ1n) is 9.72. The van der Waals surface area contributed by atoms with Crippen LogP contribution in [-0.2, 0) is 16.1 Å². The lowest BCUT2D eigenvalue weighted by Gasteiger charge is -2.01. The quantitative estimate of drug-likeness (QED) is 0.324. The van der Waals surface area contributed by atoms with Crippen molar-refractivity contribution in [2.45, 2.75) is 6.54 Å². The van der Waals surface area contributed by atoms with Crippen molar-refractivity contribution in [1.29, 1.82) is 0 Å². The van der Waals surface area contributed by atoms with Crippen LogP contribution < -0.4 is 10.1 Å². The predicted octanol–water partition coefficient (Wildman–Crippen LogP) is 5.02. The first-order valence-corrected chi connectivity index (χ1v) is 13.4. The standard InChI is InChI=1S/C23H17BrN4O2S3/c1-2-10-28-18-9-8-16(24)11-19(18)33-23(28)27-21(30)14-31-13-20(29)26-22-25-17(12-32-22)15-6-4-3-5-7-15/h1,3-9,11-12H,10,13-14H2,(H,25,26,29). The third-order valence-electron chi connectivity index (χ3n) is 4.39. The van der Waals surface area contributed by atoms with Gasteiger partial charge in [-0.3, -0.25) is 9.59 Å². The smallest absolute Gasteiger partial charge is 0.258 e. The molecular formula is C23H17BrN4O2S3. The van der Waals surface area contributed by atoms with Crippen LogP contribution in [0, 0.1) is 12.3 Å². The molecule has 4 aromatic rings. The Bertz CT molecular complexity index is 1420. The fourth-order valence-electron chi connectivity index (χ4n) is 2.97. The van der Waals surface area contributed by atoms with E-state index in [1.807, 2.05) is 58.5 Å². The number of nitrogens with one attached hydrogen (secondary N) is 1. The monoisotopic (exact) mass is 556 g/mol. The minimum Gasteiger partial charge on any atom is -0.305 e. The molecule has 33 heavy (non-hydrogen) atoms. The summed E-state index contributed by atoms with van der Waals surface area (Å²) < 4.78 is 3.77. The number of thioether (sulfide) groups is 1. The van der Waals surface area contributed by atoms with Crippen LogP contribution in [0.3, 0.4) is 0 Å². The molecule has 10 heteroatoms. The van der Waals surface area contributed by atoms with Gasteiger partial charge < -0.3 is 9.88 Å². The molecule has 0 radical (unpaired) electrons. The maximum atomic E-state index is 12.4. The number of benzene rings is 2. The number of carbonyl (C=O) groups excluding carboxylic acids is 2. The van der Waals surface area contributed by atoms with E-state index in [9.17, 15) is 9.59 Å². The summed E-state index contributed by atoms with van der Waals surface area (Å²) in [5.41, 5.74) is 2.73. The summed E-state index contributed by atoms with van der Waals surface area (Å²) >= 11 is 7.43. The summed E-state index contributed by atoms with van der Waals surface area (Å²) in [4.78, 5) is 33.9. The molecule has 2 heterocycles. The Morgan fingerprint density at radius 2 is 2.03 bits per heavy atom. The van der Waals surface area contributed by atoms with Crippen molar-refractivity contribution in [1.82, 2.24) is 9.55 Å². The maximum absolute atomic E-state index is 12.4. The molecule has 166 valence electrons. The van der Waals surface area contributed by atoms with Crippen molar-refractivity contribution in [2.24, 2.45) is 4.99 Å². The SMILES string of the molecule is C#CCn1c(=NC(=O)CSCC(=O)Nc2nc(-c3ccccc3)cs2)sc2cc(Br)ccc21. The highest BCUT2D eigenvalue weighted by molar-refractivity contribution is 9.10. The molecule has 6 nitrogen and oxygen atoms in total. The van der Waals surface area contributed by atoms with Gasteiger partial charge in [0.1, 0.15) is 0 Å². The van der Waals surface area contributed by atoms with Gasteiger partial charge in [0, 0.05) is 15.4 Å². The van der Waals surface area contributed by atoms with Gasteiger partial charge in [-0.15, -0.1) is 29.5 Å². The number of rotatable bonds is 7. The molecule has 0 bridgehead atoms. The molecule has 0 saturated heterocycles. The van der Waals surface area contributed by atoms with E-state index < -0.39 is 0 Å². The first kappa shape index (κ1) is 23.4. The topological polar surface area (TPSA) is 76.3 Å². The van der Waals surface area contributed by atoms with Gasteiger partial charge in [0.25, 0.3) is 5.91 Å². The van der Waals surface area contributed by atoms with Crippen LogP contribution in [-0.4, -0.2) is 32.9 Å². The van der Waals surface area contributed by atoms with Gasteiger partial charge in [0.2, 0.25) is 5.91 Å². The largest absolute Gasteiger partial charge is 0.305 e. The average molecular weight is 558 g/mol. The van der Waals surface area contributed by atoms with Crippen LogP contribution in [0.4, 0.5) is 5.13 Å². The maximum Gasteiger partial charge on any atom is 0.258 e. The van der Waals surface area contributed by atoms with Crippen molar-refractivity contribution in [3.05, 3.63) is 63.2 Å². The van der Waals surface area contributed by atoms with Crippen molar-refractivity contribution < 1.29 is 9.59 Å². The Balaban J connectivity index is 1.35. The Hall–Kier alpha value is -2.71. The van der Waals surface area contributed by atoms with Crippen molar-refractivity contribution in [3.63, 3.8) is 0 Å². The van der Waals surface area contributed by atoms with E-state index in [-0.39, 0.29) is 23.3 Å². The number of carbonyl (C=O) groups is 2. The van der Waals surface area contributed by atoms with Gasteiger partial charge in [0.05, 0.1) is 34.0 Å². The lowest BCUT2D eigenvalue weighted by Crippen LogP contribution is -2.18. The molecule has 2 aromatic heterocycles. The van der Waals surface area contributed by atoms with Crippen LogP contribution in [0.2, 0.25) is 0 Å². The summed E-state index contributed by atoms with van der Waals surface area (Å²) in [6.45, 7) is 0.322. The van der Waals surface area contributed by atoms with Gasteiger partial charge in [-0.2, -0.15) is 4.99 Å². The van der Waals surface area contributed by atoms with E-state index in [0.29, 0.717) is 16.5 Å². The number of nitrogens with zero attached hydrogens (tertiary/aromatic N) is 3. The molecule has 0 fully saturated rings. The lowest BCUT2D eigenvalue weighted by atomic mass is 10.2. The number of thiazole rings is 2. The number of hydrogen-bond acceptors (Lipinski definition) is 6. The Morgan fingerprint density at radius 3 is 2.82 bits per heavy atom. The van der Waals surface area contributed by atoms with Gasteiger partial charge in [0.15, 0.2) is 9.93 Å². The van der Waals surface area contributed by atoms with E-state index in [1.165, 1.54) is 34.4 Å². The van der Waals surface area contributed by atoms with Crippen LogP contribution in [0.5, 0.6) is 0 Å². The molecule has 4 rings (SSSR count). The van der Waals surface area contributed by atoms with Crippen molar-refractivity contribution >= 4 is 77.5 Å². The summed E-state index contributed by atoms with van der Waals surface area (Å²) in [6.07, 6.45) is 5.50. The first-order chi connectivity index (χ1) is 16.0. The predicted molar refractivity (Wildman–Crippen MR) is 140 cm³/mol. The third-order valence-corrected chi connectivity index (χ3v) is 7.60. The summed E-state index contributed by atoms with van der Waals surface area (Å²) in [7, 11) is 0. The van der Waals surface area contributed by atoms with Gasteiger partial charge in [-0.25, -0.2) is 4.98 Å². The lowest BCUT2D eigenvalue weighted by molar-refractivity contribution is -0.115. The van der Waals surface area contributed by atoms with Gasteiger partial charge in [-0.1, -0.05) is 63.5 Å². The third kappa shape index (κ3) is 6.00. The Labute approximate surface area is 210 Å². The normalized spacial score (nSPS) is 11.5. The van der Waals surface area contributed by atoms with Gasteiger partial charge >= 0.3 is 0 Å². The minimum absolute atomic E-state index is 0.0918. The van der Waals surface area contributed by atoms with Crippen LogP contribution in [0.15, 0.2) is 63.4 Å². The molecule has 0 aliphatic heterocycles. The fourth-order valence-corrected chi connectivity index (χ4v) is 5.91. The van der Waals surface area contributed by atoms with E-state index >= 15 is 0 Å². The minimum atomic E-state index is -0.315. The summed E-state index contributed by atoms with van der Waals surface area (Å²) in [5.74, 6) is 2.30. The number of amides is 2. The zero-order valence-corrected chi connectivity index (χ0v) is 21.2. The van der Waals surface area contributed by atoms with E-state index in [4.69, 9.17) is 6.42 Å². The summed E-state index contributed by atoms with van der Waals surface area (Å²) in [6, 6.07) is 15.6. The van der Waals surface area contributed by atoms with E-state index in [1.54, 1.807) is 0 Å². The number of terminal acetylenes is 1. The van der Waals surface area contributed by atoms with E-state index in [0.717, 1.165) is 25.9 Å². The molecule has 0 spiro atoms. The molecule has 2 aromatic carbocycles. The molecule has 1 N–H and O–H groups in total. The second-order valence-electron chi connectivity index (χ2n) is 6.74. The fraction of sp³-hybridized carbons (Fsp3) is 0.130. The second-order valence-corrected chi connectivity index (χ2v) is 10.5. The average Bonchev–Trinajstić information content (AvgIpc) is 3.39. The molecular weight excluding hydrogens is 540 g/mol. The molecule has 0 aliphatic carbocycles. The zero-order chi connectivity index (χ0) is 23.2. The highest BCUT2D eigenvalue weighted by Gasteiger charge is 2.11. The Morgan fingerprint density at radius 1 is 1.21 bits per heavy atom. The molecule has 0 saturated carbocycles. The highest BCUT2D eigenvalue weighted by Crippen LogP contribution is 2.25. The zero-order valence-electron chi connectivity index (χ0n) is 17.2. The van der Waals surface area contributed by atoms with Crippen molar-refractivity contribution in [3.8, 4) is 23.6 Å². The number of anilines is 1. The number of hydrogen-bond donors (Lipinski definition) is 1.